The summed E-state index contributed by atoms with van der Waals surface area (Å²) < 4.78 is 12.6. The molecule has 2 aromatic carbocycles. The van der Waals surface area contributed by atoms with Gasteiger partial charge in [0.1, 0.15) is 0 Å². The molecule has 0 radical (unpaired) electrons. The van der Waals surface area contributed by atoms with Crippen molar-refractivity contribution in [2.75, 3.05) is 14.2 Å². The molecule has 0 amide bonds. The van der Waals surface area contributed by atoms with Gasteiger partial charge in [-0.1, -0.05) is 47.7 Å². The van der Waals surface area contributed by atoms with Crippen LogP contribution in [0.4, 0.5) is 0 Å². The molecule has 4 aromatic rings. The van der Waals surface area contributed by atoms with Gasteiger partial charge in [0.2, 0.25) is 4.96 Å². The molecule has 0 atom stereocenters. The van der Waals surface area contributed by atoms with E-state index >= 15 is 0 Å². The fraction of sp³-hybridized carbons (Fsp3) is 0.174. The molecule has 0 N–H and O–H groups in total. The van der Waals surface area contributed by atoms with Crippen molar-refractivity contribution in [3.63, 3.8) is 0 Å². The van der Waals surface area contributed by atoms with Crippen LogP contribution in [0.15, 0.2) is 58.1 Å². The monoisotopic (exact) mass is 420 g/mol. The van der Waals surface area contributed by atoms with Crippen molar-refractivity contribution in [2.24, 2.45) is 0 Å². The lowest BCUT2D eigenvalue weighted by Gasteiger charge is -2.07. The maximum Gasteiger partial charge on any atom is 0.277 e. The molecule has 0 saturated heterocycles. The minimum absolute atomic E-state index is 0.191. The third-order valence-electron chi connectivity index (χ3n) is 4.96. The van der Waals surface area contributed by atoms with Crippen molar-refractivity contribution in [2.45, 2.75) is 13.3 Å². The number of rotatable bonds is 5. The number of ether oxygens (including phenoxy) is 2. The molecular weight excluding hydrogens is 400 g/mol. The summed E-state index contributed by atoms with van der Waals surface area (Å²) in [5.41, 5.74) is 2.47. The molecule has 2 aromatic heterocycles. The summed E-state index contributed by atoms with van der Waals surface area (Å²) in [4.78, 5) is 30.3. The van der Waals surface area contributed by atoms with E-state index in [9.17, 15) is 9.59 Å². The van der Waals surface area contributed by atoms with Crippen molar-refractivity contribution < 1.29 is 9.47 Å². The van der Waals surface area contributed by atoms with E-state index in [1.165, 1.54) is 15.7 Å². The minimum Gasteiger partial charge on any atom is -0.493 e. The van der Waals surface area contributed by atoms with E-state index in [1.54, 1.807) is 39.4 Å². The normalized spacial score (nSPS) is 11.8. The number of aryl methyl sites for hydroxylation is 1. The minimum atomic E-state index is -0.296. The molecule has 0 spiro atoms. The van der Waals surface area contributed by atoms with Gasteiger partial charge in [0.05, 0.1) is 18.8 Å². The molecule has 152 valence electrons. The Kier molecular flexibility index (Phi) is 5.37. The zero-order chi connectivity index (χ0) is 21.3. The highest BCUT2D eigenvalue weighted by molar-refractivity contribution is 7.15. The van der Waals surface area contributed by atoms with Crippen LogP contribution in [0.1, 0.15) is 22.4 Å². The van der Waals surface area contributed by atoms with Crippen molar-refractivity contribution in [3.8, 4) is 11.5 Å². The largest absolute Gasteiger partial charge is 0.493 e. The van der Waals surface area contributed by atoms with Gasteiger partial charge in [-0.25, -0.2) is 0 Å². The lowest BCUT2D eigenvalue weighted by Crippen LogP contribution is -2.27. The summed E-state index contributed by atoms with van der Waals surface area (Å²) in [6, 6.07) is 15.1. The molecule has 0 aliphatic heterocycles. The van der Waals surface area contributed by atoms with Crippen LogP contribution in [0, 0.1) is 6.92 Å². The zero-order valence-electron chi connectivity index (χ0n) is 16.8. The van der Waals surface area contributed by atoms with Crippen LogP contribution in [0.25, 0.3) is 11.0 Å². The van der Waals surface area contributed by atoms with Gasteiger partial charge < -0.3 is 9.47 Å². The zero-order valence-corrected chi connectivity index (χ0v) is 17.7. The maximum atomic E-state index is 13.1. The molecule has 0 aliphatic rings. The highest BCUT2D eigenvalue weighted by Crippen LogP contribution is 2.27. The van der Waals surface area contributed by atoms with Crippen LogP contribution in [0.3, 0.4) is 0 Å². The first-order valence-electron chi connectivity index (χ1n) is 9.34. The number of nitrogens with zero attached hydrogens (tertiary/aromatic N) is 2. The van der Waals surface area contributed by atoms with Crippen LogP contribution >= 0.6 is 11.3 Å². The number of benzene rings is 2. The predicted octanol–water partition coefficient (Wildman–Crippen LogP) is 2.58. The average molecular weight is 420 g/mol. The summed E-state index contributed by atoms with van der Waals surface area (Å²) in [6.07, 6.45) is 2.20. The van der Waals surface area contributed by atoms with Crippen molar-refractivity contribution in [1.29, 1.82) is 0 Å². The topological polar surface area (TPSA) is 69.9 Å². The highest BCUT2D eigenvalue weighted by atomic mass is 32.1. The molecule has 4 rings (SSSR count). The number of hydrogen-bond acceptors (Lipinski definition) is 6. The van der Waals surface area contributed by atoms with E-state index in [0.29, 0.717) is 38.7 Å². The van der Waals surface area contributed by atoms with E-state index in [1.807, 2.05) is 36.4 Å². The van der Waals surface area contributed by atoms with Crippen LogP contribution < -0.4 is 25.1 Å². The fourth-order valence-corrected chi connectivity index (χ4v) is 4.40. The second-order valence-corrected chi connectivity index (χ2v) is 7.80. The van der Waals surface area contributed by atoms with Gasteiger partial charge in [-0.2, -0.15) is 4.98 Å². The second kappa shape index (κ2) is 8.12. The SMILES string of the molecule is COc1ccc(/C=c2\sc3nc(=O)c(Cc4ccccc4)c(C)n3c2=O)cc1OC. The Morgan fingerprint density at radius 2 is 1.77 bits per heavy atom. The lowest BCUT2D eigenvalue weighted by molar-refractivity contribution is 0.355. The Hall–Kier alpha value is -3.45. The Bertz CT molecular complexity index is 1390. The van der Waals surface area contributed by atoms with E-state index in [2.05, 4.69) is 4.98 Å². The second-order valence-electron chi connectivity index (χ2n) is 6.79. The third-order valence-corrected chi connectivity index (χ3v) is 5.93. The number of fused-ring (bicyclic) bond motifs is 1. The first-order chi connectivity index (χ1) is 14.5. The number of methoxy groups -OCH3 is 2. The van der Waals surface area contributed by atoms with Crippen molar-refractivity contribution in [3.05, 3.63) is 96.2 Å². The molecule has 7 heteroatoms. The van der Waals surface area contributed by atoms with Crippen LogP contribution in [-0.4, -0.2) is 23.6 Å². The van der Waals surface area contributed by atoms with Gasteiger partial charge in [-0.15, -0.1) is 0 Å². The average Bonchev–Trinajstić information content (AvgIpc) is 3.06. The van der Waals surface area contributed by atoms with Gasteiger partial charge in [-0.3, -0.25) is 14.0 Å². The lowest BCUT2D eigenvalue weighted by atomic mass is 10.1. The summed E-state index contributed by atoms with van der Waals surface area (Å²) in [5.74, 6) is 1.19. The Morgan fingerprint density at radius 1 is 1.03 bits per heavy atom. The number of thiazole rings is 1. The summed E-state index contributed by atoms with van der Waals surface area (Å²) >= 11 is 1.20. The van der Waals surface area contributed by atoms with Gasteiger partial charge in [-0.05, 0) is 36.3 Å². The van der Waals surface area contributed by atoms with E-state index < -0.39 is 0 Å². The summed E-state index contributed by atoms with van der Waals surface area (Å²) in [5, 5.41) is 0. The van der Waals surface area contributed by atoms with E-state index in [0.717, 1.165) is 11.1 Å². The first-order valence-corrected chi connectivity index (χ1v) is 10.2. The smallest absolute Gasteiger partial charge is 0.277 e. The molecule has 0 unspecified atom stereocenters. The van der Waals surface area contributed by atoms with Crippen LogP contribution in [0.2, 0.25) is 0 Å². The summed E-state index contributed by atoms with van der Waals surface area (Å²) in [6.45, 7) is 1.79. The van der Waals surface area contributed by atoms with Gasteiger partial charge in [0.25, 0.3) is 11.1 Å². The quantitative estimate of drug-likeness (QED) is 0.496. The molecule has 0 bridgehead atoms. The first kappa shape index (κ1) is 19.8. The molecule has 0 saturated carbocycles. The van der Waals surface area contributed by atoms with Crippen molar-refractivity contribution >= 4 is 22.4 Å². The Morgan fingerprint density at radius 3 is 2.47 bits per heavy atom. The van der Waals surface area contributed by atoms with Gasteiger partial charge in [0.15, 0.2) is 11.5 Å². The Balaban J connectivity index is 1.85. The van der Waals surface area contributed by atoms with Crippen LogP contribution in [-0.2, 0) is 6.42 Å². The third kappa shape index (κ3) is 3.59. The molecular formula is C23H20N2O4S. The molecule has 6 nitrogen and oxygen atoms in total. The summed E-state index contributed by atoms with van der Waals surface area (Å²) in [7, 11) is 3.13. The molecule has 0 aliphatic carbocycles. The highest BCUT2D eigenvalue weighted by Gasteiger charge is 2.15. The molecule has 30 heavy (non-hydrogen) atoms. The van der Waals surface area contributed by atoms with E-state index in [-0.39, 0.29) is 11.1 Å². The standard InChI is InChI=1S/C23H20N2O4S/c1-14-17(11-15-7-5-4-6-8-15)21(26)24-23-25(14)22(27)20(30-23)13-16-9-10-18(28-2)19(12-16)29-3/h4-10,12-13H,11H2,1-3H3/b20-13-. The maximum absolute atomic E-state index is 13.1. The van der Waals surface area contributed by atoms with Crippen molar-refractivity contribution in [1.82, 2.24) is 9.38 Å². The van der Waals surface area contributed by atoms with Gasteiger partial charge >= 0.3 is 0 Å². The van der Waals surface area contributed by atoms with Crippen LogP contribution in [0.5, 0.6) is 11.5 Å². The Labute approximate surface area is 176 Å². The number of hydrogen-bond donors (Lipinski definition) is 0. The van der Waals surface area contributed by atoms with Gasteiger partial charge in [0, 0.05) is 17.7 Å². The predicted molar refractivity (Wildman–Crippen MR) is 118 cm³/mol. The van der Waals surface area contributed by atoms with E-state index in [4.69, 9.17) is 9.47 Å². The fourth-order valence-electron chi connectivity index (χ4n) is 3.39. The molecule has 2 heterocycles. The number of aromatic nitrogens is 2. The molecule has 0 fully saturated rings.